The van der Waals surface area contributed by atoms with Crippen molar-refractivity contribution < 1.29 is 35.1 Å². The fraction of sp³-hybridized carbons (Fsp3) is 0.917. The fourth-order valence-electron chi connectivity index (χ4n) is 2.11. The summed E-state index contributed by atoms with van der Waals surface area (Å²) in [6.45, 7) is 2.61. The number of aliphatic hydroxyl groups is 5. The van der Waals surface area contributed by atoms with Crippen molar-refractivity contribution in [2.24, 2.45) is 0 Å². The SMILES string of the molecule is CC1OC(O)C(NC(=O)CC(C)(O)CCO)C(O)C1O. The van der Waals surface area contributed by atoms with Gasteiger partial charge in [-0.25, -0.2) is 0 Å². The van der Waals surface area contributed by atoms with Crippen LogP contribution in [-0.4, -0.2) is 74.3 Å². The molecule has 0 bridgehead atoms. The molecule has 0 aliphatic carbocycles. The maximum absolute atomic E-state index is 11.8. The third-order valence-electron chi connectivity index (χ3n) is 3.38. The van der Waals surface area contributed by atoms with E-state index in [0.717, 1.165) is 0 Å². The van der Waals surface area contributed by atoms with Gasteiger partial charge in [-0.1, -0.05) is 0 Å². The summed E-state index contributed by atoms with van der Waals surface area (Å²) in [4.78, 5) is 11.8. The smallest absolute Gasteiger partial charge is 0.223 e. The second-order valence-electron chi connectivity index (χ2n) is 5.45. The van der Waals surface area contributed by atoms with E-state index < -0.39 is 42.2 Å². The minimum absolute atomic E-state index is 0.0202. The normalized spacial score (nSPS) is 37.2. The van der Waals surface area contributed by atoms with Crippen LogP contribution in [0, 0.1) is 0 Å². The van der Waals surface area contributed by atoms with Crippen LogP contribution in [0.3, 0.4) is 0 Å². The van der Waals surface area contributed by atoms with Gasteiger partial charge in [0.05, 0.1) is 18.1 Å². The molecule has 20 heavy (non-hydrogen) atoms. The zero-order valence-corrected chi connectivity index (χ0v) is 11.6. The maximum atomic E-state index is 11.8. The Labute approximate surface area is 117 Å². The molecule has 0 aromatic carbocycles. The monoisotopic (exact) mass is 293 g/mol. The molecule has 118 valence electrons. The molecule has 6 N–H and O–H groups in total. The molecule has 1 aliphatic heterocycles. The van der Waals surface area contributed by atoms with Gasteiger partial charge in [0.25, 0.3) is 0 Å². The van der Waals surface area contributed by atoms with Crippen molar-refractivity contribution in [3.8, 4) is 0 Å². The lowest BCUT2D eigenvalue weighted by Gasteiger charge is -2.40. The van der Waals surface area contributed by atoms with E-state index in [2.05, 4.69) is 5.32 Å². The van der Waals surface area contributed by atoms with E-state index in [1.54, 1.807) is 0 Å². The third kappa shape index (κ3) is 4.37. The number of amides is 1. The molecule has 0 aromatic heterocycles. The summed E-state index contributed by atoms with van der Waals surface area (Å²) in [6.07, 6.45) is -5.11. The summed E-state index contributed by atoms with van der Waals surface area (Å²) in [5.74, 6) is -0.628. The van der Waals surface area contributed by atoms with E-state index in [1.165, 1.54) is 13.8 Å². The zero-order valence-electron chi connectivity index (χ0n) is 11.6. The number of ether oxygens (including phenoxy) is 1. The summed E-state index contributed by atoms with van der Waals surface area (Å²) >= 11 is 0. The highest BCUT2D eigenvalue weighted by atomic mass is 16.6. The number of nitrogens with one attached hydrogen (secondary N) is 1. The Kier molecular flexibility index (Phi) is 5.87. The van der Waals surface area contributed by atoms with Gasteiger partial charge in [-0.3, -0.25) is 4.79 Å². The first-order valence-electron chi connectivity index (χ1n) is 6.50. The first-order valence-corrected chi connectivity index (χ1v) is 6.50. The highest BCUT2D eigenvalue weighted by molar-refractivity contribution is 5.77. The zero-order chi connectivity index (χ0) is 15.5. The minimum atomic E-state index is -1.45. The standard InChI is InChI=1S/C12H23NO7/c1-6-9(16)10(17)8(11(18)20-6)13-7(15)5-12(2,19)3-4-14/h6,8-11,14,16-19H,3-5H2,1-2H3,(H,13,15). The predicted octanol–water partition coefficient (Wildman–Crippen LogP) is -2.55. The maximum Gasteiger partial charge on any atom is 0.223 e. The number of aliphatic hydroxyl groups excluding tert-OH is 4. The molecule has 1 fully saturated rings. The molecular weight excluding hydrogens is 270 g/mol. The summed E-state index contributed by atoms with van der Waals surface area (Å²) < 4.78 is 4.99. The Morgan fingerprint density at radius 1 is 1.30 bits per heavy atom. The Bertz CT molecular complexity index is 336. The van der Waals surface area contributed by atoms with Crippen LogP contribution in [0.4, 0.5) is 0 Å². The molecule has 1 saturated heterocycles. The number of hydrogen-bond acceptors (Lipinski definition) is 7. The highest BCUT2D eigenvalue weighted by Gasteiger charge is 2.43. The van der Waals surface area contributed by atoms with Crippen molar-refractivity contribution in [2.75, 3.05) is 6.61 Å². The molecule has 0 saturated carbocycles. The average Bonchev–Trinajstić information content (AvgIpc) is 2.31. The van der Waals surface area contributed by atoms with Gasteiger partial charge in [-0.2, -0.15) is 0 Å². The highest BCUT2D eigenvalue weighted by Crippen LogP contribution is 2.20. The summed E-state index contributed by atoms with van der Waals surface area (Å²) in [5.41, 5.74) is -1.39. The second kappa shape index (κ2) is 6.79. The van der Waals surface area contributed by atoms with Crippen molar-refractivity contribution in [1.82, 2.24) is 5.32 Å². The van der Waals surface area contributed by atoms with Crippen LogP contribution < -0.4 is 5.32 Å². The van der Waals surface area contributed by atoms with Crippen LogP contribution in [0.25, 0.3) is 0 Å². The van der Waals surface area contributed by atoms with Gasteiger partial charge in [0.2, 0.25) is 5.91 Å². The third-order valence-corrected chi connectivity index (χ3v) is 3.38. The van der Waals surface area contributed by atoms with Gasteiger partial charge in [0.1, 0.15) is 18.2 Å². The summed E-state index contributed by atoms with van der Waals surface area (Å²) in [5, 5.41) is 50.0. The lowest BCUT2D eigenvalue weighted by atomic mass is 9.95. The van der Waals surface area contributed by atoms with Crippen molar-refractivity contribution in [1.29, 1.82) is 0 Å². The van der Waals surface area contributed by atoms with Crippen molar-refractivity contribution >= 4 is 5.91 Å². The van der Waals surface area contributed by atoms with Crippen LogP contribution >= 0.6 is 0 Å². The first-order chi connectivity index (χ1) is 9.18. The largest absolute Gasteiger partial charge is 0.396 e. The molecule has 1 amide bonds. The van der Waals surface area contributed by atoms with E-state index in [1.807, 2.05) is 0 Å². The Balaban J connectivity index is 2.60. The molecule has 0 spiro atoms. The van der Waals surface area contributed by atoms with Crippen molar-refractivity contribution in [3.05, 3.63) is 0 Å². The molecule has 1 aliphatic rings. The van der Waals surface area contributed by atoms with Crippen LogP contribution in [0.15, 0.2) is 0 Å². The number of hydrogen-bond donors (Lipinski definition) is 6. The lowest BCUT2D eigenvalue weighted by molar-refractivity contribution is -0.242. The van der Waals surface area contributed by atoms with Gasteiger partial charge >= 0.3 is 0 Å². The molecule has 8 nitrogen and oxygen atoms in total. The lowest BCUT2D eigenvalue weighted by Crippen LogP contribution is -2.63. The predicted molar refractivity (Wildman–Crippen MR) is 67.4 cm³/mol. The summed E-state index contributed by atoms with van der Waals surface area (Å²) in [6, 6.07) is -1.18. The molecule has 6 unspecified atom stereocenters. The van der Waals surface area contributed by atoms with Gasteiger partial charge in [-0.05, 0) is 20.3 Å². The molecule has 6 atom stereocenters. The van der Waals surface area contributed by atoms with Gasteiger partial charge in [0, 0.05) is 6.61 Å². The van der Waals surface area contributed by atoms with Gasteiger partial charge in [0.15, 0.2) is 6.29 Å². The van der Waals surface area contributed by atoms with Crippen LogP contribution in [-0.2, 0) is 9.53 Å². The van der Waals surface area contributed by atoms with Crippen molar-refractivity contribution in [2.45, 2.75) is 62.9 Å². The van der Waals surface area contributed by atoms with Gasteiger partial charge < -0.3 is 35.6 Å². The Morgan fingerprint density at radius 2 is 1.90 bits per heavy atom. The molecule has 0 aromatic rings. The van der Waals surface area contributed by atoms with E-state index in [4.69, 9.17) is 9.84 Å². The van der Waals surface area contributed by atoms with E-state index in [0.29, 0.717) is 0 Å². The van der Waals surface area contributed by atoms with E-state index in [-0.39, 0.29) is 19.4 Å². The fourth-order valence-corrected chi connectivity index (χ4v) is 2.11. The molecule has 8 heteroatoms. The topological polar surface area (TPSA) is 139 Å². The molecule has 1 rings (SSSR count). The second-order valence-corrected chi connectivity index (χ2v) is 5.45. The average molecular weight is 293 g/mol. The van der Waals surface area contributed by atoms with E-state index >= 15 is 0 Å². The minimum Gasteiger partial charge on any atom is -0.396 e. The quantitative estimate of drug-likeness (QED) is 0.328. The van der Waals surface area contributed by atoms with Crippen LogP contribution in [0.2, 0.25) is 0 Å². The number of rotatable bonds is 5. The Hall–Kier alpha value is -0.770. The van der Waals surface area contributed by atoms with Gasteiger partial charge in [-0.15, -0.1) is 0 Å². The van der Waals surface area contributed by atoms with E-state index in [9.17, 15) is 25.2 Å². The first kappa shape index (κ1) is 17.3. The number of carbonyl (C=O) groups excluding carboxylic acids is 1. The van der Waals surface area contributed by atoms with Crippen LogP contribution in [0.5, 0.6) is 0 Å². The molecular formula is C12H23NO7. The Morgan fingerprint density at radius 3 is 2.45 bits per heavy atom. The van der Waals surface area contributed by atoms with Crippen LogP contribution in [0.1, 0.15) is 26.7 Å². The molecule has 0 radical (unpaired) electrons. The molecule has 1 heterocycles. The van der Waals surface area contributed by atoms with Crippen molar-refractivity contribution in [3.63, 3.8) is 0 Å². The number of carbonyl (C=O) groups is 1. The summed E-state index contributed by atoms with van der Waals surface area (Å²) in [7, 11) is 0.